The Morgan fingerprint density at radius 1 is 1.32 bits per heavy atom. The molecular formula is C13H16N2O6S. The van der Waals surface area contributed by atoms with Crippen molar-refractivity contribution in [1.29, 1.82) is 0 Å². The van der Waals surface area contributed by atoms with Gasteiger partial charge in [-0.05, 0) is 25.0 Å². The predicted molar refractivity (Wildman–Crippen MR) is 74.7 cm³/mol. The van der Waals surface area contributed by atoms with Crippen LogP contribution in [0.5, 0.6) is 0 Å². The molecular weight excluding hydrogens is 312 g/mol. The molecule has 1 aliphatic heterocycles. The number of ether oxygens (including phenoxy) is 1. The summed E-state index contributed by atoms with van der Waals surface area (Å²) in [5, 5.41) is 8.93. The maximum absolute atomic E-state index is 12.4. The Hall–Kier alpha value is -2.00. The summed E-state index contributed by atoms with van der Waals surface area (Å²) in [6.07, 6.45) is 1.66. The monoisotopic (exact) mass is 328 g/mol. The SMILES string of the molecule is COC(=O)c1ccc(S(=O)(=O)N2CCC(C(=O)O)CC2)cn1. The van der Waals surface area contributed by atoms with E-state index >= 15 is 0 Å². The second-order valence-electron chi connectivity index (χ2n) is 4.89. The molecule has 0 aromatic carbocycles. The van der Waals surface area contributed by atoms with E-state index in [-0.39, 0.29) is 36.5 Å². The molecule has 8 nitrogen and oxygen atoms in total. The number of aromatic nitrogens is 1. The summed E-state index contributed by atoms with van der Waals surface area (Å²) in [4.78, 5) is 25.9. The fraction of sp³-hybridized carbons (Fsp3) is 0.462. The zero-order valence-electron chi connectivity index (χ0n) is 11.9. The molecule has 9 heteroatoms. The number of carboxylic acid groups (broad SMARTS) is 1. The Kier molecular flexibility index (Phi) is 4.77. The first-order valence-corrected chi connectivity index (χ1v) is 8.07. The number of hydrogen-bond donors (Lipinski definition) is 1. The second kappa shape index (κ2) is 6.41. The molecule has 1 aliphatic rings. The molecule has 0 saturated carbocycles. The van der Waals surface area contributed by atoms with Gasteiger partial charge in [-0.2, -0.15) is 4.31 Å². The van der Waals surface area contributed by atoms with Crippen LogP contribution < -0.4 is 0 Å². The Labute approximate surface area is 127 Å². The zero-order valence-corrected chi connectivity index (χ0v) is 12.7. The number of carboxylic acids is 1. The first-order chi connectivity index (χ1) is 10.4. The van der Waals surface area contributed by atoms with E-state index in [1.165, 1.54) is 23.5 Å². The molecule has 0 unspecified atom stereocenters. The lowest BCUT2D eigenvalue weighted by Crippen LogP contribution is -2.40. The number of carbonyl (C=O) groups is 2. The fourth-order valence-electron chi connectivity index (χ4n) is 2.25. The first kappa shape index (κ1) is 16.4. The molecule has 2 rings (SSSR count). The molecule has 0 atom stereocenters. The molecule has 0 bridgehead atoms. The molecule has 120 valence electrons. The van der Waals surface area contributed by atoms with E-state index in [4.69, 9.17) is 5.11 Å². The van der Waals surface area contributed by atoms with Gasteiger partial charge in [0.2, 0.25) is 10.0 Å². The van der Waals surface area contributed by atoms with Crippen molar-refractivity contribution in [3.05, 3.63) is 24.0 Å². The highest BCUT2D eigenvalue weighted by Gasteiger charge is 2.32. The third-order valence-corrected chi connectivity index (χ3v) is 5.45. The maximum atomic E-state index is 12.4. The number of hydrogen-bond acceptors (Lipinski definition) is 6. The van der Waals surface area contributed by atoms with Gasteiger partial charge in [-0.1, -0.05) is 0 Å². The lowest BCUT2D eigenvalue weighted by atomic mass is 9.99. The average molecular weight is 328 g/mol. The smallest absolute Gasteiger partial charge is 0.356 e. The summed E-state index contributed by atoms with van der Waals surface area (Å²) >= 11 is 0. The van der Waals surface area contributed by atoms with Crippen LogP contribution in [-0.4, -0.2) is 55.0 Å². The van der Waals surface area contributed by atoms with Gasteiger partial charge in [0.15, 0.2) is 0 Å². The van der Waals surface area contributed by atoms with Crippen LogP contribution in [0.2, 0.25) is 0 Å². The quantitative estimate of drug-likeness (QED) is 0.793. The second-order valence-corrected chi connectivity index (χ2v) is 6.83. The first-order valence-electron chi connectivity index (χ1n) is 6.63. The summed E-state index contributed by atoms with van der Waals surface area (Å²) in [5.74, 6) is -2.06. The number of methoxy groups -OCH3 is 1. The standard InChI is InChI=1S/C13H16N2O6S/c1-21-13(18)11-3-2-10(8-14-11)22(19,20)15-6-4-9(5-7-15)12(16)17/h2-3,8-9H,4-7H2,1H3,(H,16,17). The van der Waals surface area contributed by atoms with Crippen LogP contribution in [0.4, 0.5) is 0 Å². The van der Waals surface area contributed by atoms with Crippen LogP contribution in [0.15, 0.2) is 23.2 Å². The molecule has 1 fully saturated rings. The van der Waals surface area contributed by atoms with Crippen molar-refractivity contribution in [3.63, 3.8) is 0 Å². The molecule has 0 radical (unpaired) electrons. The van der Waals surface area contributed by atoms with Gasteiger partial charge in [-0.15, -0.1) is 0 Å². The molecule has 0 spiro atoms. The van der Waals surface area contributed by atoms with E-state index in [1.54, 1.807) is 0 Å². The highest BCUT2D eigenvalue weighted by atomic mass is 32.2. The summed E-state index contributed by atoms with van der Waals surface area (Å²) in [7, 11) is -2.52. The lowest BCUT2D eigenvalue weighted by Gasteiger charge is -2.29. The van der Waals surface area contributed by atoms with Crippen molar-refractivity contribution in [2.45, 2.75) is 17.7 Å². The number of nitrogens with zero attached hydrogens (tertiary/aromatic N) is 2. The maximum Gasteiger partial charge on any atom is 0.356 e. The molecule has 1 saturated heterocycles. The summed E-state index contributed by atoms with van der Waals surface area (Å²) in [6.45, 7) is 0.302. The number of aliphatic carboxylic acids is 1. The number of sulfonamides is 1. The molecule has 1 N–H and O–H groups in total. The van der Waals surface area contributed by atoms with Crippen molar-refractivity contribution in [3.8, 4) is 0 Å². The minimum absolute atomic E-state index is 0.0195. The molecule has 0 aliphatic carbocycles. The molecule has 1 aromatic heterocycles. The Morgan fingerprint density at radius 2 is 1.95 bits per heavy atom. The lowest BCUT2D eigenvalue weighted by molar-refractivity contribution is -0.142. The van der Waals surface area contributed by atoms with Crippen molar-refractivity contribution in [1.82, 2.24) is 9.29 Å². The van der Waals surface area contributed by atoms with E-state index < -0.39 is 27.9 Å². The third kappa shape index (κ3) is 3.25. The van der Waals surface area contributed by atoms with Gasteiger partial charge < -0.3 is 9.84 Å². The zero-order chi connectivity index (χ0) is 16.3. The summed E-state index contributed by atoms with van der Waals surface area (Å²) < 4.78 is 30.6. The van der Waals surface area contributed by atoms with E-state index in [0.717, 1.165) is 6.20 Å². The normalized spacial score (nSPS) is 17.1. The number of pyridine rings is 1. The number of piperidine rings is 1. The van der Waals surface area contributed by atoms with Crippen molar-refractivity contribution < 1.29 is 27.9 Å². The van der Waals surface area contributed by atoms with Crippen LogP contribution >= 0.6 is 0 Å². The minimum Gasteiger partial charge on any atom is -0.481 e. The Bertz CT molecular complexity index is 662. The van der Waals surface area contributed by atoms with Gasteiger partial charge in [-0.3, -0.25) is 4.79 Å². The van der Waals surface area contributed by atoms with Gasteiger partial charge in [0.25, 0.3) is 0 Å². The predicted octanol–water partition coefficient (Wildman–Crippen LogP) is 0.353. The van der Waals surface area contributed by atoms with Gasteiger partial charge in [-0.25, -0.2) is 18.2 Å². The molecule has 2 heterocycles. The van der Waals surface area contributed by atoms with Crippen LogP contribution in [0.3, 0.4) is 0 Å². The van der Waals surface area contributed by atoms with E-state index in [9.17, 15) is 18.0 Å². The number of esters is 1. The fourth-order valence-corrected chi connectivity index (χ4v) is 3.67. The van der Waals surface area contributed by atoms with Crippen molar-refractivity contribution in [2.24, 2.45) is 5.92 Å². The Balaban J connectivity index is 2.14. The van der Waals surface area contributed by atoms with Crippen LogP contribution in [0, 0.1) is 5.92 Å². The third-order valence-electron chi connectivity index (χ3n) is 3.57. The molecule has 0 amide bonds. The van der Waals surface area contributed by atoms with Gasteiger partial charge in [0, 0.05) is 19.3 Å². The number of carbonyl (C=O) groups excluding carboxylic acids is 1. The Morgan fingerprint density at radius 3 is 2.41 bits per heavy atom. The summed E-state index contributed by atoms with van der Waals surface area (Å²) in [5.41, 5.74) is 0.0195. The van der Waals surface area contributed by atoms with E-state index in [0.29, 0.717) is 0 Å². The van der Waals surface area contributed by atoms with Crippen molar-refractivity contribution >= 4 is 22.0 Å². The molecule has 1 aromatic rings. The van der Waals surface area contributed by atoms with Crippen molar-refractivity contribution in [2.75, 3.05) is 20.2 Å². The van der Waals surface area contributed by atoms with Gasteiger partial charge >= 0.3 is 11.9 Å². The highest BCUT2D eigenvalue weighted by Crippen LogP contribution is 2.23. The van der Waals surface area contributed by atoms with E-state index in [1.807, 2.05) is 0 Å². The van der Waals surface area contributed by atoms with Crippen LogP contribution in [0.25, 0.3) is 0 Å². The largest absolute Gasteiger partial charge is 0.481 e. The minimum atomic E-state index is -3.73. The van der Waals surface area contributed by atoms with Gasteiger partial charge in [0.05, 0.1) is 13.0 Å². The average Bonchev–Trinajstić information content (AvgIpc) is 2.54. The number of rotatable bonds is 4. The molecule has 22 heavy (non-hydrogen) atoms. The van der Waals surface area contributed by atoms with Gasteiger partial charge in [0.1, 0.15) is 10.6 Å². The highest BCUT2D eigenvalue weighted by molar-refractivity contribution is 7.89. The van der Waals surface area contributed by atoms with Crippen LogP contribution in [-0.2, 0) is 19.6 Å². The topological polar surface area (TPSA) is 114 Å². The van der Waals surface area contributed by atoms with Crippen LogP contribution in [0.1, 0.15) is 23.3 Å². The summed E-state index contributed by atoms with van der Waals surface area (Å²) in [6, 6.07) is 2.57. The van der Waals surface area contributed by atoms with E-state index in [2.05, 4.69) is 9.72 Å².